The average Bonchev–Trinajstić information content (AvgIpc) is 2.61. The molecule has 0 saturated carbocycles. The summed E-state index contributed by atoms with van der Waals surface area (Å²) in [5.41, 5.74) is 1.24. The van der Waals surface area contributed by atoms with Crippen LogP contribution in [0.15, 0.2) is 24.3 Å². The van der Waals surface area contributed by atoms with Crippen molar-refractivity contribution in [3.05, 3.63) is 24.3 Å². The van der Waals surface area contributed by atoms with Gasteiger partial charge in [-0.1, -0.05) is 18.7 Å². The van der Waals surface area contributed by atoms with Gasteiger partial charge in [0.15, 0.2) is 0 Å². The lowest BCUT2D eigenvalue weighted by Crippen LogP contribution is -2.48. The van der Waals surface area contributed by atoms with Gasteiger partial charge >= 0.3 is 0 Å². The molecule has 0 spiro atoms. The number of rotatable bonds is 1. The lowest BCUT2D eigenvalue weighted by Gasteiger charge is -2.34. The summed E-state index contributed by atoms with van der Waals surface area (Å²) in [4.78, 5) is 0. The highest BCUT2D eigenvalue weighted by molar-refractivity contribution is 5.14. The van der Waals surface area contributed by atoms with Crippen LogP contribution in [0.2, 0.25) is 0 Å². The third-order valence-corrected chi connectivity index (χ3v) is 4.63. The normalized spacial score (nSPS) is 45.2. The highest BCUT2D eigenvalue weighted by Crippen LogP contribution is 2.41. The molecule has 2 aliphatic heterocycles. The van der Waals surface area contributed by atoms with Gasteiger partial charge in [-0.25, -0.2) is 0 Å². The van der Waals surface area contributed by atoms with Crippen molar-refractivity contribution in [2.75, 3.05) is 0 Å². The van der Waals surface area contributed by atoms with Gasteiger partial charge in [-0.3, -0.25) is 0 Å². The monoisotopic (exact) mass is 252 g/mol. The Hall–Kier alpha value is -0.640. The number of hydrogen-bond acceptors (Lipinski definition) is 3. The zero-order valence-electron chi connectivity index (χ0n) is 11.4. The molecule has 102 valence electrons. The quantitative estimate of drug-likeness (QED) is 0.703. The van der Waals surface area contributed by atoms with Gasteiger partial charge in [0.1, 0.15) is 5.60 Å². The first-order valence-electron chi connectivity index (χ1n) is 6.71. The Kier molecular flexibility index (Phi) is 3.67. The molecule has 2 bridgehead atoms. The number of aliphatic hydroxyl groups excluding tert-OH is 2. The largest absolute Gasteiger partial charge is 0.390 e. The van der Waals surface area contributed by atoms with Crippen LogP contribution in [0.1, 0.15) is 39.5 Å². The van der Waals surface area contributed by atoms with Gasteiger partial charge in [-0.2, -0.15) is 0 Å². The van der Waals surface area contributed by atoms with E-state index in [1.807, 2.05) is 6.92 Å². The first-order chi connectivity index (χ1) is 8.34. The van der Waals surface area contributed by atoms with Crippen LogP contribution in [0.4, 0.5) is 0 Å². The highest BCUT2D eigenvalue weighted by Gasteiger charge is 2.50. The SMILES string of the molecule is C=C(C)C1CCC(=C)C2CC(O)C(C)(O2)C(O)C1. The van der Waals surface area contributed by atoms with E-state index in [1.165, 1.54) is 0 Å². The van der Waals surface area contributed by atoms with E-state index in [2.05, 4.69) is 13.2 Å². The lowest BCUT2D eigenvalue weighted by atomic mass is 9.80. The molecule has 18 heavy (non-hydrogen) atoms. The van der Waals surface area contributed by atoms with Crippen molar-refractivity contribution >= 4 is 0 Å². The molecule has 0 aromatic carbocycles. The van der Waals surface area contributed by atoms with Crippen LogP contribution in [-0.4, -0.2) is 34.1 Å². The minimum absolute atomic E-state index is 0.122. The Balaban J connectivity index is 2.27. The maximum Gasteiger partial charge on any atom is 0.118 e. The van der Waals surface area contributed by atoms with Crippen LogP contribution in [0, 0.1) is 5.92 Å². The zero-order chi connectivity index (χ0) is 13.5. The second-order valence-electron chi connectivity index (χ2n) is 6.03. The standard InChI is InChI=1S/C15H24O3/c1-9(2)11-6-5-10(3)12-8-14(17)15(4,18-12)13(16)7-11/h11-14,16-17H,1,3,5-8H2,2,4H3. The number of ether oxygens (including phenoxy) is 1. The molecule has 2 N–H and O–H groups in total. The number of fused-ring (bicyclic) bond motifs is 2. The Morgan fingerprint density at radius 3 is 2.56 bits per heavy atom. The fourth-order valence-corrected chi connectivity index (χ4v) is 3.01. The van der Waals surface area contributed by atoms with Gasteiger partial charge in [0.2, 0.25) is 0 Å². The van der Waals surface area contributed by atoms with E-state index in [0.717, 1.165) is 24.0 Å². The van der Waals surface area contributed by atoms with Gasteiger partial charge < -0.3 is 14.9 Å². The van der Waals surface area contributed by atoms with E-state index >= 15 is 0 Å². The van der Waals surface area contributed by atoms with Gasteiger partial charge in [0.05, 0.1) is 18.3 Å². The summed E-state index contributed by atoms with van der Waals surface area (Å²) in [6.07, 6.45) is 1.56. The van der Waals surface area contributed by atoms with Crippen molar-refractivity contribution in [1.29, 1.82) is 0 Å². The van der Waals surface area contributed by atoms with Crippen molar-refractivity contribution < 1.29 is 14.9 Å². The lowest BCUT2D eigenvalue weighted by molar-refractivity contribution is -0.136. The molecule has 5 unspecified atom stereocenters. The minimum Gasteiger partial charge on any atom is -0.390 e. The predicted molar refractivity (Wildman–Crippen MR) is 71.2 cm³/mol. The summed E-state index contributed by atoms with van der Waals surface area (Å²) in [7, 11) is 0. The van der Waals surface area contributed by atoms with Crippen LogP contribution in [0.5, 0.6) is 0 Å². The zero-order valence-corrected chi connectivity index (χ0v) is 11.4. The van der Waals surface area contributed by atoms with Crippen LogP contribution in [0.25, 0.3) is 0 Å². The van der Waals surface area contributed by atoms with E-state index in [4.69, 9.17) is 4.74 Å². The molecule has 2 aliphatic rings. The first-order valence-corrected chi connectivity index (χ1v) is 6.71. The van der Waals surface area contributed by atoms with Gasteiger partial charge in [0.25, 0.3) is 0 Å². The molecule has 2 rings (SSSR count). The summed E-state index contributed by atoms with van der Waals surface area (Å²) in [6.45, 7) is 11.9. The van der Waals surface area contributed by atoms with Crippen molar-refractivity contribution in [3.8, 4) is 0 Å². The number of hydrogen-bond donors (Lipinski definition) is 2. The number of allylic oxidation sites excluding steroid dienone is 1. The third kappa shape index (κ3) is 2.27. The molecule has 0 amide bonds. The van der Waals surface area contributed by atoms with E-state index in [1.54, 1.807) is 6.92 Å². The second-order valence-corrected chi connectivity index (χ2v) is 6.03. The maximum atomic E-state index is 10.4. The van der Waals surface area contributed by atoms with Crippen molar-refractivity contribution in [2.24, 2.45) is 5.92 Å². The Labute approximate surface area is 109 Å². The van der Waals surface area contributed by atoms with Crippen molar-refractivity contribution in [1.82, 2.24) is 0 Å². The van der Waals surface area contributed by atoms with Crippen molar-refractivity contribution in [3.63, 3.8) is 0 Å². The molecule has 2 fully saturated rings. The molecular formula is C15H24O3. The molecule has 3 nitrogen and oxygen atoms in total. The summed E-state index contributed by atoms with van der Waals surface area (Å²) >= 11 is 0. The smallest absolute Gasteiger partial charge is 0.118 e. The Morgan fingerprint density at radius 1 is 1.33 bits per heavy atom. The first kappa shape index (κ1) is 13.8. The molecular weight excluding hydrogens is 228 g/mol. The Morgan fingerprint density at radius 2 is 1.94 bits per heavy atom. The van der Waals surface area contributed by atoms with Crippen molar-refractivity contribution in [2.45, 2.75) is 63.4 Å². The third-order valence-electron chi connectivity index (χ3n) is 4.63. The van der Waals surface area contributed by atoms with Crippen LogP contribution >= 0.6 is 0 Å². The molecule has 5 atom stereocenters. The molecule has 2 saturated heterocycles. The topological polar surface area (TPSA) is 49.7 Å². The molecule has 2 heterocycles. The Bertz CT molecular complexity index is 363. The van der Waals surface area contributed by atoms with E-state index < -0.39 is 17.8 Å². The summed E-state index contributed by atoms with van der Waals surface area (Å²) < 4.78 is 5.91. The minimum atomic E-state index is -0.869. The molecule has 0 aliphatic carbocycles. The van der Waals surface area contributed by atoms with Gasteiger partial charge in [-0.05, 0) is 44.6 Å². The summed E-state index contributed by atoms with van der Waals surface area (Å²) in [5, 5.41) is 20.6. The second kappa shape index (κ2) is 4.80. The fraction of sp³-hybridized carbons (Fsp3) is 0.733. The van der Waals surface area contributed by atoms with E-state index in [0.29, 0.717) is 12.8 Å². The fourth-order valence-electron chi connectivity index (χ4n) is 3.01. The molecule has 0 radical (unpaired) electrons. The van der Waals surface area contributed by atoms with E-state index in [-0.39, 0.29) is 12.0 Å². The van der Waals surface area contributed by atoms with Crippen LogP contribution in [0.3, 0.4) is 0 Å². The van der Waals surface area contributed by atoms with Crippen LogP contribution in [-0.2, 0) is 4.74 Å². The van der Waals surface area contributed by atoms with Gasteiger partial charge in [0, 0.05) is 6.42 Å². The average molecular weight is 252 g/mol. The summed E-state index contributed by atoms with van der Waals surface area (Å²) in [6, 6.07) is 0. The van der Waals surface area contributed by atoms with E-state index in [9.17, 15) is 10.2 Å². The van der Waals surface area contributed by atoms with Gasteiger partial charge in [-0.15, -0.1) is 0 Å². The predicted octanol–water partition coefficient (Wildman–Crippen LogP) is 2.19. The highest BCUT2D eigenvalue weighted by atomic mass is 16.5. The molecule has 3 heteroatoms. The summed E-state index contributed by atoms with van der Waals surface area (Å²) in [5.74, 6) is 0.267. The van der Waals surface area contributed by atoms with Crippen LogP contribution < -0.4 is 0 Å². The maximum absolute atomic E-state index is 10.4. The molecule has 0 aromatic rings. The molecule has 0 aromatic heterocycles. The number of aliphatic hydroxyl groups is 2.